The fourth-order valence-corrected chi connectivity index (χ4v) is 1.98. The fourth-order valence-electron chi connectivity index (χ4n) is 1.98. The van der Waals surface area contributed by atoms with Crippen molar-refractivity contribution in [3.05, 3.63) is 65.7 Å². The van der Waals surface area contributed by atoms with Gasteiger partial charge in [-0.15, -0.1) is 0 Å². The third-order valence-electron chi connectivity index (χ3n) is 3.14. The molecule has 2 rings (SSSR count). The minimum absolute atomic E-state index is 0.0332. The molecule has 2 aromatic rings. The van der Waals surface area contributed by atoms with Crippen LogP contribution in [0.1, 0.15) is 18.1 Å². The SMILES string of the molecule is CCNCc1ccccc1OCC(F)(F)c1ccccc1. The fraction of sp³-hybridized carbons (Fsp3) is 0.294. The first kappa shape index (κ1) is 15.4. The summed E-state index contributed by atoms with van der Waals surface area (Å²) in [6.45, 7) is 2.74. The van der Waals surface area contributed by atoms with Gasteiger partial charge in [0.25, 0.3) is 0 Å². The van der Waals surface area contributed by atoms with Crippen molar-refractivity contribution in [1.29, 1.82) is 0 Å². The summed E-state index contributed by atoms with van der Waals surface area (Å²) < 4.78 is 33.5. The monoisotopic (exact) mass is 291 g/mol. The lowest BCUT2D eigenvalue weighted by Gasteiger charge is -2.19. The third kappa shape index (κ3) is 4.26. The molecule has 112 valence electrons. The van der Waals surface area contributed by atoms with Gasteiger partial charge in [0.2, 0.25) is 0 Å². The molecule has 21 heavy (non-hydrogen) atoms. The molecule has 0 aliphatic carbocycles. The highest BCUT2D eigenvalue weighted by Crippen LogP contribution is 2.29. The van der Waals surface area contributed by atoms with Gasteiger partial charge in [-0.05, 0) is 12.6 Å². The largest absolute Gasteiger partial charge is 0.487 e. The second kappa shape index (κ2) is 7.18. The highest BCUT2D eigenvalue weighted by Gasteiger charge is 2.32. The Morgan fingerprint density at radius 1 is 1.00 bits per heavy atom. The Bertz CT molecular complexity index is 558. The zero-order valence-corrected chi connectivity index (χ0v) is 12.0. The second-order valence-corrected chi connectivity index (χ2v) is 4.75. The molecule has 1 N–H and O–H groups in total. The van der Waals surface area contributed by atoms with Crippen LogP contribution in [0.5, 0.6) is 5.75 Å². The first-order valence-corrected chi connectivity index (χ1v) is 6.98. The van der Waals surface area contributed by atoms with Crippen molar-refractivity contribution in [2.75, 3.05) is 13.2 Å². The Morgan fingerprint density at radius 2 is 1.67 bits per heavy atom. The molecule has 0 fully saturated rings. The van der Waals surface area contributed by atoms with E-state index in [2.05, 4.69) is 5.32 Å². The summed E-state index contributed by atoms with van der Waals surface area (Å²) in [5, 5.41) is 3.17. The van der Waals surface area contributed by atoms with Crippen molar-refractivity contribution in [3.8, 4) is 5.75 Å². The molecule has 0 unspecified atom stereocenters. The number of ether oxygens (including phenoxy) is 1. The van der Waals surface area contributed by atoms with E-state index in [0.717, 1.165) is 12.1 Å². The van der Waals surface area contributed by atoms with E-state index >= 15 is 0 Å². The molecule has 0 heterocycles. The van der Waals surface area contributed by atoms with Crippen molar-refractivity contribution in [3.63, 3.8) is 0 Å². The summed E-state index contributed by atoms with van der Waals surface area (Å²) in [4.78, 5) is 0. The molecule has 2 aromatic carbocycles. The van der Waals surface area contributed by atoms with E-state index in [4.69, 9.17) is 4.74 Å². The molecule has 4 heteroatoms. The maximum Gasteiger partial charge on any atom is 0.306 e. The molecule has 0 bridgehead atoms. The Balaban J connectivity index is 2.06. The normalized spacial score (nSPS) is 11.4. The molecular weight excluding hydrogens is 272 g/mol. The van der Waals surface area contributed by atoms with Gasteiger partial charge in [0, 0.05) is 17.7 Å². The molecular formula is C17H19F2NO. The highest BCUT2D eigenvalue weighted by atomic mass is 19.3. The summed E-state index contributed by atoms with van der Waals surface area (Å²) in [5.41, 5.74) is 0.845. The van der Waals surface area contributed by atoms with Gasteiger partial charge in [0.1, 0.15) is 5.75 Å². The molecule has 0 aromatic heterocycles. The molecule has 2 nitrogen and oxygen atoms in total. The minimum Gasteiger partial charge on any atom is -0.487 e. The Morgan fingerprint density at radius 3 is 2.38 bits per heavy atom. The van der Waals surface area contributed by atoms with Crippen LogP contribution in [0.25, 0.3) is 0 Å². The zero-order chi connectivity index (χ0) is 15.1. The molecule has 0 radical (unpaired) electrons. The standard InChI is InChI=1S/C17H19F2NO/c1-2-20-12-14-8-6-7-11-16(14)21-13-17(18,19)15-9-4-3-5-10-15/h3-11,20H,2,12-13H2,1H3. The van der Waals surface area contributed by atoms with Crippen molar-refractivity contribution >= 4 is 0 Å². The van der Waals surface area contributed by atoms with Crippen LogP contribution >= 0.6 is 0 Å². The average molecular weight is 291 g/mol. The van der Waals surface area contributed by atoms with Crippen LogP contribution in [-0.4, -0.2) is 13.2 Å². The minimum atomic E-state index is -3.01. The van der Waals surface area contributed by atoms with Crippen LogP contribution in [0.15, 0.2) is 54.6 Å². The van der Waals surface area contributed by atoms with Crippen molar-refractivity contribution < 1.29 is 13.5 Å². The molecule has 0 atom stereocenters. The van der Waals surface area contributed by atoms with Crippen molar-refractivity contribution in [2.24, 2.45) is 0 Å². The number of hydrogen-bond donors (Lipinski definition) is 1. The van der Waals surface area contributed by atoms with Gasteiger partial charge in [0.15, 0.2) is 6.61 Å². The zero-order valence-electron chi connectivity index (χ0n) is 12.0. The molecule has 0 saturated heterocycles. The molecule has 0 aliphatic rings. The lowest BCUT2D eigenvalue weighted by molar-refractivity contribution is -0.0469. The van der Waals surface area contributed by atoms with Gasteiger partial charge < -0.3 is 10.1 Å². The third-order valence-corrected chi connectivity index (χ3v) is 3.14. The molecule has 0 aliphatic heterocycles. The lowest BCUT2D eigenvalue weighted by Crippen LogP contribution is -2.23. The van der Waals surface area contributed by atoms with Gasteiger partial charge >= 0.3 is 5.92 Å². The van der Waals surface area contributed by atoms with Crippen molar-refractivity contribution in [2.45, 2.75) is 19.4 Å². The second-order valence-electron chi connectivity index (χ2n) is 4.75. The number of rotatable bonds is 7. The van der Waals surface area contributed by atoms with E-state index in [0.29, 0.717) is 12.3 Å². The van der Waals surface area contributed by atoms with Gasteiger partial charge in [-0.3, -0.25) is 0 Å². The van der Waals surface area contributed by atoms with E-state index in [-0.39, 0.29) is 5.56 Å². The maximum absolute atomic E-state index is 14.1. The molecule has 0 saturated carbocycles. The number of para-hydroxylation sites is 1. The van der Waals surface area contributed by atoms with Crippen LogP contribution in [0.2, 0.25) is 0 Å². The number of benzene rings is 2. The van der Waals surface area contributed by atoms with E-state index in [1.54, 1.807) is 30.3 Å². The van der Waals surface area contributed by atoms with Gasteiger partial charge in [-0.1, -0.05) is 55.5 Å². The quantitative estimate of drug-likeness (QED) is 0.833. The highest BCUT2D eigenvalue weighted by molar-refractivity contribution is 5.33. The average Bonchev–Trinajstić information content (AvgIpc) is 2.52. The summed E-state index contributed by atoms with van der Waals surface area (Å²) >= 11 is 0. The first-order chi connectivity index (χ1) is 10.1. The van der Waals surface area contributed by atoms with Crippen molar-refractivity contribution in [1.82, 2.24) is 5.32 Å². The van der Waals surface area contributed by atoms with Crippen LogP contribution < -0.4 is 10.1 Å². The number of hydrogen-bond acceptors (Lipinski definition) is 2. The number of nitrogens with one attached hydrogen (secondary N) is 1. The summed E-state index contributed by atoms with van der Waals surface area (Å²) in [6.07, 6.45) is 0. The Labute approximate surface area is 123 Å². The van der Waals surface area contributed by atoms with E-state index in [9.17, 15) is 8.78 Å². The Kier molecular flexibility index (Phi) is 5.28. The van der Waals surface area contributed by atoms with E-state index < -0.39 is 12.5 Å². The molecule has 0 spiro atoms. The van der Waals surface area contributed by atoms with Gasteiger partial charge in [-0.25, -0.2) is 0 Å². The van der Waals surface area contributed by atoms with Crippen LogP contribution in [0, 0.1) is 0 Å². The topological polar surface area (TPSA) is 21.3 Å². The van der Waals surface area contributed by atoms with Crippen LogP contribution in [-0.2, 0) is 12.5 Å². The van der Waals surface area contributed by atoms with Crippen LogP contribution in [0.3, 0.4) is 0 Å². The first-order valence-electron chi connectivity index (χ1n) is 6.98. The Hall–Kier alpha value is -1.94. The van der Waals surface area contributed by atoms with Crippen LogP contribution in [0.4, 0.5) is 8.78 Å². The van der Waals surface area contributed by atoms with E-state index in [1.807, 2.05) is 19.1 Å². The number of halogens is 2. The van der Waals surface area contributed by atoms with Gasteiger partial charge in [0.05, 0.1) is 0 Å². The summed E-state index contributed by atoms with van der Waals surface area (Å²) in [5.74, 6) is -2.51. The predicted molar refractivity (Wildman–Crippen MR) is 79.7 cm³/mol. The molecule has 0 amide bonds. The lowest BCUT2D eigenvalue weighted by atomic mass is 10.1. The summed E-state index contributed by atoms with van der Waals surface area (Å²) in [6, 6.07) is 15.0. The number of alkyl halides is 2. The smallest absolute Gasteiger partial charge is 0.306 e. The summed E-state index contributed by atoms with van der Waals surface area (Å²) in [7, 11) is 0. The van der Waals surface area contributed by atoms with Gasteiger partial charge in [-0.2, -0.15) is 8.78 Å². The van der Waals surface area contributed by atoms with E-state index in [1.165, 1.54) is 12.1 Å². The predicted octanol–water partition coefficient (Wildman–Crippen LogP) is 3.97. The maximum atomic E-state index is 14.1.